The lowest BCUT2D eigenvalue weighted by molar-refractivity contribution is 0.0802. The zero-order valence-corrected chi connectivity index (χ0v) is 9.16. The second kappa shape index (κ2) is 3.28. The lowest BCUT2D eigenvalue weighted by Crippen LogP contribution is -2.14. The summed E-state index contributed by atoms with van der Waals surface area (Å²) in [5.41, 5.74) is 1.05. The van der Waals surface area contributed by atoms with Gasteiger partial charge in [-0.3, -0.25) is 0 Å². The van der Waals surface area contributed by atoms with E-state index in [9.17, 15) is 5.11 Å². The molecule has 3 heteroatoms. The van der Waals surface area contributed by atoms with E-state index in [0.717, 1.165) is 22.2 Å². The number of methoxy groups -OCH3 is 1. The Morgan fingerprint density at radius 2 is 2.07 bits per heavy atom. The summed E-state index contributed by atoms with van der Waals surface area (Å²) in [5, 5.41) is 11.0. The number of benzene rings is 1. The minimum Gasteiger partial charge on any atom is -0.497 e. The lowest BCUT2D eigenvalue weighted by Gasteiger charge is -2.16. The Kier molecular flexibility index (Phi) is 2.20. The van der Waals surface area contributed by atoms with E-state index in [-0.39, 0.29) is 0 Å². The average Bonchev–Trinajstić information content (AvgIpc) is 2.59. The zero-order chi connectivity index (χ0) is 11.1. The molecule has 0 amide bonds. The van der Waals surface area contributed by atoms with E-state index in [2.05, 4.69) is 4.98 Å². The molecule has 1 aromatic carbocycles. The van der Waals surface area contributed by atoms with Crippen molar-refractivity contribution < 1.29 is 9.84 Å². The van der Waals surface area contributed by atoms with E-state index >= 15 is 0 Å². The van der Waals surface area contributed by atoms with Crippen LogP contribution in [0.4, 0.5) is 0 Å². The summed E-state index contributed by atoms with van der Waals surface area (Å²) < 4.78 is 5.13. The van der Waals surface area contributed by atoms with E-state index in [1.165, 1.54) is 0 Å². The molecule has 0 aliphatic rings. The van der Waals surface area contributed by atoms with Crippen LogP contribution in [0.2, 0.25) is 0 Å². The summed E-state index contributed by atoms with van der Waals surface area (Å²) in [6.45, 7) is 3.56. The third-order valence-electron chi connectivity index (χ3n) is 2.55. The molecule has 2 rings (SSSR count). The summed E-state index contributed by atoms with van der Waals surface area (Å²) >= 11 is 0. The first-order chi connectivity index (χ1) is 7.02. The second-order valence-electron chi connectivity index (χ2n) is 4.17. The molecule has 15 heavy (non-hydrogen) atoms. The molecule has 0 aliphatic carbocycles. The molecule has 0 atom stereocenters. The Balaban J connectivity index is 2.62. The molecule has 0 bridgehead atoms. The number of aromatic nitrogens is 1. The van der Waals surface area contributed by atoms with E-state index in [1.54, 1.807) is 21.0 Å². The van der Waals surface area contributed by atoms with Crippen molar-refractivity contribution in [2.75, 3.05) is 7.11 Å². The first-order valence-corrected chi connectivity index (χ1v) is 4.90. The van der Waals surface area contributed by atoms with Crippen LogP contribution in [0.1, 0.15) is 19.4 Å². The number of rotatable bonds is 2. The molecule has 0 saturated carbocycles. The van der Waals surface area contributed by atoms with Crippen LogP contribution in [0, 0.1) is 0 Å². The first kappa shape index (κ1) is 10.1. The number of hydrogen-bond donors (Lipinski definition) is 2. The van der Waals surface area contributed by atoms with Gasteiger partial charge in [0.25, 0.3) is 0 Å². The maximum absolute atomic E-state index is 9.95. The molecule has 80 valence electrons. The van der Waals surface area contributed by atoms with E-state index in [0.29, 0.717) is 0 Å². The fourth-order valence-electron chi connectivity index (χ4n) is 1.74. The van der Waals surface area contributed by atoms with Crippen molar-refractivity contribution in [1.82, 2.24) is 4.98 Å². The van der Waals surface area contributed by atoms with Gasteiger partial charge in [-0.1, -0.05) is 0 Å². The van der Waals surface area contributed by atoms with Crippen LogP contribution in [0.25, 0.3) is 10.9 Å². The van der Waals surface area contributed by atoms with Crippen molar-refractivity contribution in [3.63, 3.8) is 0 Å². The van der Waals surface area contributed by atoms with Crippen LogP contribution in [0.15, 0.2) is 24.4 Å². The largest absolute Gasteiger partial charge is 0.497 e. The third kappa shape index (κ3) is 1.70. The first-order valence-electron chi connectivity index (χ1n) is 4.90. The van der Waals surface area contributed by atoms with Crippen molar-refractivity contribution in [3.05, 3.63) is 30.0 Å². The normalized spacial score (nSPS) is 12.0. The van der Waals surface area contributed by atoms with Gasteiger partial charge in [-0.25, -0.2) is 0 Å². The maximum atomic E-state index is 9.95. The average molecular weight is 205 g/mol. The smallest absolute Gasteiger partial charge is 0.120 e. The van der Waals surface area contributed by atoms with Gasteiger partial charge in [-0.15, -0.1) is 0 Å². The highest BCUT2D eigenvalue weighted by Crippen LogP contribution is 2.30. The van der Waals surface area contributed by atoms with Gasteiger partial charge < -0.3 is 14.8 Å². The van der Waals surface area contributed by atoms with Crippen molar-refractivity contribution in [3.8, 4) is 5.75 Å². The van der Waals surface area contributed by atoms with Gasteiger partial charge in [0.05, 0.1) is 12.7 Å². The number of aliphatic hydroxyl groups is 1. The molecule has 1 aromatic heterocycles. The highest BCUT2D eigenvalue weighted by atomic mass is 16.5. The predicted molar refractivity (Wildman–Crippen MR) is 60.1 cm³/mol. The molecule has 3 nitrogen and oxygen atoms in total. The summed E-state index contributed by atoms with van der Waals surface area (Å²) in [7, 11) is 1.64. The number of fused-ring (bicyclic) bond motifs is 1. The molecule has 1 heterocycles. The van der Waals surface area contributed by atoms with Crippen molar-refractivity contribution in [2.24, 2.45) is 0 Å². The quantitative estimate of drug-likeness (QED) is 0.790. The minimum atomic E-state index is -0.827. The Hall–Kier alpha value is -1.48. The van der Waals surface area contributed by atoms with Gasteiger partial charge in [0.15, 0.2) is 0 Å². The topological polar surface area (TPSA) is 45.2 Å². The van der Waals surface area contributed by atoms with E-state index in [1.807, 2.05) is 24.4 Å². The van der Waals surface area contributed by atoms with Gasteiger partial charge in [-0.2, -0.15) is 0 Å². The van der Waals surface area contributed by atoms with Crippen LogP contribution in [-0.4, -0.2) is 17.2 Å². The number of ether oxygens (including phenoxy) is 1. The molecule has 0 saturated heterocycles. The molecule has 0 aliphatic heterocycles. The Labute approximate surface area is 88.7 Å². The number of hydrogen-bond acceptors (Lipinski definition) is 2. The van der Waals surface area contributed by atoms with Crippen LogP contribution in [0.3, 0.4) is 0 Å². The summed E-state index contributed by atoms with van der Waals surface area (Å²) in [6.07, 6.45) is 1.84. The summed E-state index contributed by atoms with van der Waals surface area (Å²) in [5.74, 6) is 0.812. The van der Waals surface area contributed by atoms with E-state index < -0.39 is 5.60 Å². The SMILES string of the molecule is COc1ccc2c(C(C)(C)O)c[nH]c2c1. The zero-order valence-electron chi connectivity index (χ0n) is 9.16. The molecular weight excluding hydrogens is 190 g/mol. The third-order valence-corrected chi connectivity index (χ3v) is 2.55. The molecule has 0 fully saturated rings. The van der Waals surface area contributed by atoms with Gasteiger partial charge in [0, 0.05) is 28.7 Å². The molecule has 0 radical (unpaired) electrons. The van der Waals surface area contributed by atoms with Crippen molar-refractivity contribution in [2.45, 2.75) is 19.4 Å². The number of H-pyrrole nitrogens is 1. The Morgan fingerprint density at radius 1 is 1.33 bits per heavy atom. The lowest BCUT2D eigenvalue weighted by atomic mass is 9.98. The van der Waals surface area contributed by atoms with Crippen LogP contribution in [-0.2, 0) is 5.60 Å². The highest BCUT2D eigenvalue weighted by Gasteiger charge is 2.20. The second-order valence-corrected chi connectivity index (χ2v) is 4.17. The predicted octanol–water partition coefficient (Wildman–Crippen LogP) is 2.40. The Morgan fingerprint density at radius 3 is 2.67 bits per heavy atom. The molecule has 2 N–H and O–H groups in total. The summed E-state index contributed by atoms with van der Waals surface area (Å²) in [6, 6.07) is 5.77. The van der Waals surface area contributed by atoms with Gasteiger partial charge >= 0.3 is 0 Å². The monoisotopic (exact) mass is 205 g/mol. The van der Waals surface area contributed by atoms with Crippen molar-refractivity contribution >= 4 is 10.9 Å². The number of aromatic amines is 1. The fraction of sp³-hybridized carbons (Fsp3) is 0.333. The summed E-state index contributed by atoms with van der Waals surface area (Å²) in [4.78, 5) is 3.13. The van der Waals surface area contributed by atoms with Crippen molar-refractivity contribution in [1.29, 1.82) is 0 Å². The maximum Gasteiger partial charge on any atom is 0.120 e. The van der Waals surface area contributed by atoms with Gasteiger partial charge in [-0.05, 0) is 26.0 Å². The minimum absolute atomic E-state index is 0.812. The van der Waals surface area contributed by atoms with Crippen LogP contribution in [0.5, 0.6) is 5.75 Å². The molecule has 0 unspecified atom stereocenters. The van der Waals surface area contributed by atoms with Crippen LogP contribution < -0.4 is 4.74 Å². The molecular formula is C12H15NO2. The van der Waals surface area contributed by atoms with Gasteiger partial charge in [0.2, 0.25) is 0 Å². The molecule has 0 spiro atoms. The highest BCUT2D eigenvalue weighted by molar-refractivity contribution is 5.85. The Bertz CT molecular complexity index is 480. The standard InChI is InChI=1S/C12H15NO2/c1-12(2,14)10-7-13-11-6-8(15-3)4-5-9(10)11/h4-7,13-14H,1-3H3. The fourth-order valence-corrected chi connectivity index (χ4v) is 1.74. The van der Waals surface area contributed by atoms with E-state index in [4.69, 9.17) is 4.74 Å². The molecule has 2 aromatic rings. The van der Waals surface area contributed by atoms with Gasteiger partial charge in [0.1, 0.15) is 5.75 Å². The van der Waals surface area contributed by atoms with Crippen LogP contribution >= 0.6 is 0 Å². The number of nitrogens with one attached hydrogen (secondary N) is 1.